The molecule has 1 N–H and O–H groups in total. The number of hydrogen-bond donors (Lipinski definition) is 1. The molecule has 0 aliphatic carbocycles. The van der Waals surface area contributed by atoms with E-state index in [1.54, 1.807) is 0 Å². The first kappa shape index (κ1) is 16.3. The first-order valence-corrected chi connectivity index (χ1v) is 6.26. The van der Waals surface area contributed by atoms with Crippen LogP contribution in [-0.4, -0.2) is 35.0 Å². The number of carbonyl (C=O) groups is 1. The average molecular weight is 286 g/mol. The molecule has 0 radical (unpaired) electrons. The van der Waals surface area contributed by atoms with Crippen LogP contribution in [0.15, 0.2) is 0 Å². The zero-order valence-electron chi connectivity index (χ0n) is 8.47. The molecular weight excluding hydrogens is 277 g/mol. The molecule has 0 heterocycles. The van der Waals surface area contributed by atoms with Crippen molar-refractivity contribution in [1.29, 1.82) is 0 Å². The predicted molar refractivity (Wildman–Crippen MR) is 46.7 cm³/mol. The van der Waals surface area contributed by atoms with E-state index in [4.69, 9.17) is 5.11 Å². The van der Waals surface area contributed by atoms with Gasteiger partial charge in [-0.15, -0.1) is 0 Å². The monoisotopic (exact) mass is 286 g/mol. The van der Waals surface area contributed by atoms with Gasteiger partial charge in [-0.2, -0.15) is 26.3 Å². The Labute approximate surface area is 92.2 Å². The Morgan fingerprint density at radius 3 is 1.82 bits per heavy atom. The lowest BCUT2D eigenvalue weighted by atomic mass is 10.3. The predicted octanol–water partition coefficient (Wildman–Crippen LogP) is 3.93. The second-order valence-corrected chi connectivity index (χ2v) is 6.23. The maximum absolute atomic E-state index is 12.3. The first-order valence-electron chi connectivity index (χ1n) is 4.30. The van der Waals surface area contributed by atoms with E-state index in [-0.39, 0.29) is 0 Å². The van der Waals surface area contributed by atoms with Gasteiger partial charge < -0.3 is 9.67 Å². The molecule has 0 rings (SSSR count). The van der Waals surface area contributed by atoms with Crippen LogP contribution in [0, 0.1) is 0 Å². The molecule has 2 unspecified atom stereocenters. The molecule has 0 aliphatic rings. The minimum Gasteiger partial charge on any atom is -0.476 e. The third-order valence-electron chi connectivity index (χ3n) is 2.01. The number of halogens is 6. The van der Waals surface area contributed by atoms with Crippen molar-refractivity contribution < 1.29 is 40.8 Å². The summed E-state index contributed by atoms with van der Waals surface area (Å²) in [7, 11) is -5.48. The van der Waals surface area contributed by atoms with Gasteiger partial charge in [0.2, 0.25) is 7.14 Å². The topological polar surface area (TPSA) is 54.4 Å². The maximum Gasteiger partial charge on any atom is 0.399 e. The molecular formula is C7H9F6O3P. The van der Waals surface area contributed by atoms with E-state index < -0.39 is 43.4 Å². The van der Waals surface area contributed by atoms with Crippen LogP contribution in [0.4, 0.5) is 31.1 Å². The van der Waals surface area contributed by atoms with Crippen molar-refractivity contribution in [1.82, 2.24) is 0 Å². The van der Waals surface area contributed by atoms with Gasteiger partial charge in [-0.25, -0.2) is 4.79 Å². The van der Waals surface area contributed by atoms with Gasteiger partial charge in [0.25, 0.3) is 0 Å². The molecule has 0 spiro atoms. The molecule has 0 aromatic carbocycles. The van der Waals surface area contributed by atoms with Crippen molar-refractivity contribution in [2.45, 2.75) is 31.4 Å². The first-order chi connectivity index (χ1) is 7.34. The van der Waals surface area contributed by atoms with Crippen LogP contribution < -0.4 is 0 Å². The minimum absolute atomic E-state index is 0.837. The summed E-state index contributed by atoms with van der Waals surface area (Å²) in [5.74, 6) is 0. The largest absolute Gasteiger partial charge is 0.476 e. The van der Waals surface area contributed by atoms with Crippen molar-refractivity contribution in [3.63, 3.8) is 0 Å². The van der Waals surface area contributed by atoms with E-state index >= 15 is 0 Å². The lowest BCUT2D eigenvalue weighted by molar-refractivity contribution is -0.133. The van der Waals surface area contributed by atoms with Gasteiger partial charge in [-0.05, 0) is 6.42 Å². The van der Waals surface area contributed by atoms with Crippen molar-refractivity contribution in [3.05, 3.63) is 0 Å². The molecule has 0 aromatic heterocycles. The van der Waals surface area contributed by atoms with Gasteiger partial charge in [0.1, 0.15) is 11.8 Å². The summed E-state index contributed by atoms with van der Waals surface area (Å²) in [5, 5.41) is 8.40. The van der Waals surface area contributed by atoms with Gasteiger partial charge in [0.15, 0.2) is 0 Å². The Balaban J connectivity index is 5.49. The fourth-order valence-corrected chi connectivity index (χ4v) is 3.56. The molecule has 0 fully saturated rings. The van der Waals surface area contributed by atoms with Gasteiger partial charge in [-0.3, -0.25) is 0 Å². The molecule has 0 bridgehead atoms. The van der Waals surface area contributed by atoms with Crippen molar-refractivity contribution >= 4 is 12.9 Å². The van der Waals surface area contributed by atoms with E-state index in [1.807, 2.05) is 0 Å². The lowest BCUT2D eigenvalue weighted by Crippen LogP contribution is -2.34. The van der Waals surface area contributed by atoms with E-state index in [9.17, 15) is 35.7 Å². The Morgan fingerprint density at radius 2 is 1.65 bits per heavy atom. The Morgan fingerprint density at radius 1 is 1.24 bits per heavy atom. The molecule has 3 nitrogen and oxygen atoms in total. The summed E-state index contributed by atoms with van der Waals surface area (Å²) in [5.41, 5.74) is -5.52. The van der Waals surface area contributed by atoms with Gasteiger partial charge >= 0.3 is 18.1 Å². The molecule has 102 valence electrons. The second-order valence-electron chi connectivity index (χ2n) is 3.32. The van der Waals surface area contributed by atoms with Gasteiger partial charge in [-0.1, -0.05) is 6.92 Å². The molecule has 0 aromatic rings. The van der Waals surface area contributed by atoms with Crippen LogP contribution in [0.25, 0.3) is 0 Å². The molecule has 0 aliphatic heterocycles. The Kier molecular flexibility index (Phi) is 4.67. The standard InChI is InChI=1S/C7H9F6O3P/c1-2-4(7(11,12)13)17(16,5(14)15)3-6(8,9)10/h4H,2-3H2,1H3,(H,14,15). The lowest BCUT2D eigenvalue weighted by Gasteiger charge is -2.26. The highest BCUT2D eigenvalue weighted by molar-refractivity contribution is 7.80. The molecule has 2 atom stereocenters. The summed E-state index contributed by atoms with van der Waals surface area (Å²) >= 11 is 0. The summed E-state index contributed by atoms with van der Waals surface area (Å²) in [6, 6.07) is 0. The highest BCUT2D eigenvalue weighted by atomic mass is 31.2. The number of carboxylic acid groups (broad SMARTS) is 1. The fraction of sp³-hybridized carbons (Fsp3) is 0.857. The zero-order chi connectivity index (χ0) is 14.1. The summed E-state index contributed by atoms with van der Waals surface area (Å²) in [6.07, 6.45) is -13.9. The van der Waals surface area contributed by atoms with E-state index in [0.29, 0.717) is 0 Å². The summed E-state index contributed by atoms with van der Waals surface area (Å²) < 4.78 is 84.5. The minimum atomic E-state index is -5.48. The average Bonchev–Trinajstić information content (AvgIpc) is 1.97. The molecule has 17 heavy (non-hydrogen) atoms. The Bertz CT molecular complexity index is 333. The number of hydrogen-bond acceptors (Lipinski definition) is 2. The highest BCUT2D eigenvalue weighted by Crippen LogP contribution is 2.60. The van der Waals surface area contributed by atoms with E-state index in [2.05, 4.69) is 0 Å². The highest BCUT2D eigenvalue weighted by Gasteiger charge is 2.58. The van der Waals surface area contributed by atoms with Crippen molar-refractivity contribution in [2.75, 3.05) is 6.16 Å². The van der Waals surface area contributed by atoms with Crippen LogP contribution in [0.3, 0.4) is 0 Å². The zero-order valence-corrected chi connectivity index (χ0v) is 9.36. The van der Waals surface area contributed by atoms with Crippen LogP contribution in [-0.2, 0) is 4.57 Å². The molecule has 0 saturated carbocycles. The maximum atomic E-state index is 12.3. The quantitative estimate of drug-likeness (QED) is 0.629. The van der Waals surface area contributed by atoms with Crippen LogP contribution in [0.1, 0.15) is 13.3 Å². The number of rotatable bonds is 4. The third-order valence-corrected chi connectivity index (χ3v) is 5.15. The van der Waals surface area contributed by atoms with Gasteiger partial charge in [0.05, 0.1) is 0 Å². The summed E-state index contributed by atoms with van der Waals surface area (Å²) in [4.78, 5) is 10.5. The number of alkyl halides is 6. The smallest absolute Gasteiger partial charge is 0.399 e. The second kappa shape index (κ2) is 4.88. The molecule has 0 saturated heterocycles. The third kappa shape index (κ3) is 4.22. The van der Waals surface area contributed by atoms with Crippen molar-refractivity contribution in [3.8, 4) is 0 Å². The summed E-state index contributed by atoms with van der Waals surface area (Å²) in [6.45, 7) is 0.837. The molecule has 10 heteroatoms. The van der Waals surface area contributed by atoms with Crippen LogP contribution >= 0.6 is 7.14 Å². The Hall–Kier alpha value is -0.720. The SMILES string of the molecule is CCC(C(F)(F)F)P(=O)(CC(F)(F)F)C(=O)O. The van der Waals surface area contributed by atoms with E-state index in [0.717, 1.165) is 6.92 Å². The van der Waals surface area contributed by atoms with Crippen molar-refractivity contribution in [2.24, 2.45) is 0 Å². The van der Waals surface area contributed by atoms with E-state index in [1.165, 1.54) is 0 Å². The van der Waals surface area contributed by atoms with Crippen LogP contribution in [0.2, 0.25) is 0 Å². The van der Waals surface area contributed by atoms with Crippen LogP contribution in [0.5, 0.6) is 0 Å². The molecule has 0 amide bonds. The fourth-order valence-electron chi connectivity index (χ4n) is 1.34. The van der Waals surface area contributed by atoms with Gasteiger partial charge in [0, 0.05) is 0 Å². The normalized spacial score (nSPS) is 18.5.